The Morgan fingerprint density at radius 1 is 1.27 bits per heavy atom. The molecule has 2 N–H and O–H groups in total. The molecule has 0 unspecified atom stereocenters. The zero-order valence-corrected chi connectivity index (χ0v) is 9.86. The lowest BCUT2D eigenvalue weighted by molar-refractivity contribution is -0.144. The van der Waals surface area contributed by atoms with Crippen molar-refractivity contribution in [1.29, 1.82) is 0 Å². The zero-order valence-electron chi connectivity index (χ0n) is 9.86. The summed E-state index contributed by atoms with van der Waals surface area (Å²) in [6.45, 7) is 5.91. The van der Waals surface area contributed by atoms with E-state index in [1.165, 1.54) is 0 Å². The molecular formula is C12H22O3. The molecule has 1 rings (SSSR count). The zero-order chi connectivity index (χ0) is 11.6. The van der Waals surface area contributed by atoms with Gasteiger partial charge < -0.3 is 10.2 Å². The van der Waals surface area contributed by atoms with Gasteiger partial charge in [0.15, 0.2) is 0 Å². The third kappa shape index (κ3) is 2.71. The molecule has 0 aromatic carbocycles. The Balaban J connectivity index is 2.54. The quantitative estimate of drug-likeness (QED) is 0.757. The van der Waals surface area contributed by atoms with E-state index in [0.717, 1.165) is 12.8 Å². The summed E-state index contributed by atoms with van der Waals surface area (Å²) in [7, 11) is 0. The van der Waals surface area contributed by atoms with Crippen LogP contribution in [0.25, 0.3) is 0 Å². The first-order valence-electron chi connectivity index (χ1n) is 5.81. The number of aliphatic carboxylic acids is 1. The molecule has 0 aliphatic heterocycles. The van der Waals surface area contributed by atoms with E-state index in [0.29, 0.717) is 12.8 Å². The highest BCUT2D eigenvalue weighted by Crippen LogP contribution is 2.38. The minimum absolute atomic E-state index is 0.191. The largest absolute Gasteiger partial charge is 0.481 e. The normalized spacial score (nSPS) is 31.3. The average molecular weight is 214 g/mol. The van der Waals surface area contributed by atoms with Crippen LogP contribution in [0.3, 0.4) is 0 Å². The van der Waals surface area contributed by atoms with E-state index in [9.17, 15) is 9.90 Å². The van der Waals surface area contributed by atoms with Gasteiger partial charge in [-0.1, -0.05) is 13.8 Å². The highest BCUT2D eigenvalue weighted by atomic mass is 16.4. The first-order chi connectivity index (χ1) is 6.85. The van der Waals surface area contributed by atoms with Crippen LogP contribution in [-0.2, 0) is 4.79 Å². The lowest BCUT2D eigenvalue weighted by Gasteiger charge is -2.40. The molecule has 1 atom stereocenters. The topological polar surface area (TPSA) is 57.5 Å². The van der Waals surface area contributed by atoms with Gasteiger partial charge in [0.25, 0.3) is 0 Å². The molecule has 1 saturated carbocycles. The number of aliphatic hydroxyl groups is 1. The van der Waals surface area contributed by atoms with E-state index in [1.54, 1.807) is 0 Å². The second-order valence-electron chi connectivity index (χ2n) is 5.27. The average Bonchev–Trinajstić information content (AvgIpc) is 2.17. The number of carboxylic acids is 1. The van der Waals surface area contributed by atoms with Gasteiger partial charge in [0.2, 0.25) is 0 Å². The Bertz CT molecular complexity index is 225. The maximum absolute atomic E-state index is 10.8. The molecule has 0 aromatic rings. The van der Waals surface area contributed by atoms with Crippen molar-refractivity contribution in [1.82, 2.24) is 0 Å². The molecule has 3 nitrogen and oxygen atoms in total. The molecule has 0 saturated heterocycles. The number of carbonyl (C=O) groups is 1. The van der Waals surface area contributed by atoms with E-state index in [-0.39, 0.29) is 17.8 Å². The maximum atomic E-state index is 10.8. The van der Waals surface area contributed by atoms with Crippen molar-refractivity contribution in [3.63, 3.8) is 0 Å². The highest BCUT2D eigenvalue weighted by Gasteiger charge is 2.38. The van der Waals surface area contributed by atoms with Crippen LogP contribution in [0, 0.1) is 17.8 Å². The SMILES string of the molecule is CC(C)[C@@](C)(O)C1CCC(C(=O)O)CC1. The summed E-state index contributed by atoms with van der Waals surface area (Å²) in [5, 5.41) is 19.2. The van der Waals surface area contributed by atoms with Crippen LogP contribution >= 0.6 is 0 Å². The predicted molar refractivity (Wildman–Crippen MR) is 58.5 cm³/mol. The van der Waals surface area contributed by atoms with Crippen molar-refractivity contribution < 1.29 is 15.0 Å². The van der Waals surface area contributed by atoms with Crippen molar-refractivity contribution in [3.8, 4) is 0 Å². The van der Waals surface area contributed by atoms with Gasteiger partial charge in [-0.05, 0) is 44.4 Å². The second-order valence-corrected chi connectivity index (χ2v) is 5.27. The van der Waals surface area contributed by atoms with Gasteiger partial charge in [-0.2, -0.15) is 0 Å². The molecule has 88 valence electrons. The summed E-state index contributed by atoms with van der Waals surface area (Å²) >= 11 is 0. The molecule has 3 heteroatoms. The van der Waals surface area contributed by atoms with Gasteiger partial charge in [-0.15, -0.1) is 0 Å². The molecule has 0 bridgehead atoms. The summed E-state index contributed by atoms with van der Waals surface area (Å²) in [6.07, 6.45) is 3.09. The Kier molecular flexibility index (Phi) is 3.77. The number of hydrogen-bond donors (Lipinski definition) is 2. The third-order valence-electron chi connectivity index (χ3n) is 4.07. The Hall–Kier alpha value is -0.570. The third-order valence-corrected chi connectivity index (χ3v) is 4.07. The van der Waals surface area contributed by atoms with Crippen LogP contribution in [0.5, 0.6) is 0 Å². The number of hydrogen-bond acceptors (Lipinski definition) is 2. The highest BCUT2D eigenvalue weighted by molar-refractivity contribution is 5.70. The van der Waals surface area contributed by atoms with Crippen LogP contribution in [0.2, 0.25) is 0 Å². The molecule has 0 heterocycles. The Morgan fingerprint density at radius 3 is 2.07 bits per heavy atom. The first kappa shape index (κ1) is 12.5. The van der Waals surface area contributed by atoms with Crippen LogP contribution in [-0.4, -0.2) is 21.8 Å². The molecule has 1 aliphatic carbocycles. The van der Waals surface area contributed by atoms with E-state index in [1.807, 2.05) is 20.8 Å². The minimum atomic E-state index is -0.683. The summed E-state index contributed by atoms with van der Waals surface area (Å²) in [6, 6.07) is 0. The van der Waals surface area contributed by atoms with Gasteiger partial charge in [-0.25, -0.2) is 0 Å². The van der Waals surface area contributed by atoms with Crippen molar-refractivity contribution in [3.05, 3.63) is 0 Å². The van der Waals surface area contributed by atoms with Gasteiger partial charge in [0, 0.05) is 0 Å². The van der Waals surface area contributed by atoms with Crippen molar-refractivity contribution >= 4 is 5.97 Å². The molecule has 1 aliphatic rings. The minimum Gasteiger partial charge on any atom is -0.481 e. The standard InChI is InChI=1S/C12H22O3/c1-8(2)12(3,15)10-6-4-9(5-7-10)11(13)14/h8-10,15H,4-7H2,1-3H3,(H,13,14)/t9?,10?,12-/m1/s1. The fraction of sp³-hybridized carbons (Fsp3) is 0.917. The van der Waals surface area contributed by atoms with Crippen molar-refractivity contribution in [2.75, 3.05) is 0 Å². The molecule has 0 amide bonds. The van der Waals surface area contributed by atoms with E-state index in [4.69, 9.17) is 5.11 Å². The molecule has 15 heavy (non-hydrogen) atoms. The van der Waals surface area contributed by atoms with Crippen LogP contribution in [0.15, 0.2) is 0 Å². The fourth-order valence-electron chi connectivity index (χ4n) is 2.40. The maximum Gasteiger partial charge on any atom is 0.306 e. The molecule has 1 fully saturated rings. The van der Waals surface area contributed by atoms with Gasteiger partial charge in [0.1, 0.15) is 0 Å². The molecule has 0 radical (unpaired) electrons. The van der Waals surface area contributed by atoms with Crippen LogP contribution in [0.4, 0.5) is 0 Å². The monoisotopic (exact) mass is 214 g/mol. The summed E-state index contributed by atoms with van der Waals surface area (Å²) < 4.78 is 0. The number of carboxylic acid groups (broad SMARTS) is 1. The Labute approximate surface area is 91.5 Å². The van der Waals surface area contributed by atoms with Crippen LogP contribution < -0.4 is 0 Å². The lowest BCUT2D eigenvalue weighted by atomic mass is 9.70. The van der Waals surface area contributed by atoms with Gasteiger partial charge in [-0.3, -0.25) is 4.79 Å². The van der Waals surface area contributed by atoms with Gasteiger partial charge in [0.05, 0.1) is 11.5 Å². The lowest BCUT2D eigenvalue weighted by Crippen LogP contribution is -2.42. The first-order valence-corrected chi connectivity index (χ1v) is 5.81. The summed E-state index contributed by atoms with van der Waals surface area (Å²) in [5.74, 6) is -0.390. The van der Waals surface area contributed by atoms with E-state index < -0.39 is 11.6 Å². The summed E-state index contributed by atoms with van der Waals surface area (Å²) in [5.41, 5.74) is -0.649. The molecular weight excluding hydrogens is 192 g/mol. The number of rotatable bonds is 3. The second kappa shape index (κ2) is 4.52. The smallest absolute Gasteiger partial charge is 0.306 e. The van der Waals surface area contributed by atoms with E-state index >= 15 is 0 Å². The Morgan fingerprint density at radius 2 is 1.73 bits per heavy atom. The molecule has 0 spiro atoms. The summed E-state index contributed by atoms with van der Waals surface area (Å²) in [4.78, 5) is 10.8. The predicted octanol–water partition coefficient (Wildman–Crippen LogP) is 2.28. The molecule has 0 aromatic heterocycles. The van der Waals surface area contributed by atoms with Crippen molar-refractivity contribution in [2.24, 2.45) is 17.8 Å². The van der Waals surface area contributed by atoms with Crippen LogP contribution in [0.1, 0.15) is 46.5 Å². The van der Waals surface area contributed by atoms with E-state index in [2.05, 4.69) is 0 Å². The van der Waals surface area contributed by atoms with Crippen molar-refractivity contribution in [2.45, 2.75) is 52.1 Å². The van der Waals surface area contributed by atoms with Gasteiger partial charge >= 0.3 is 5.97 Å². The fourth-order valence-corrected chi connectivity index (χ4v) is 2.40.